The quantitative estimate of drug-likeness (QED) is 0.685. The van der Waals surface area contributed by atoms with Gasteiger partial charge in [0.25, 0.3) is 5.91 Å². The van der Waals surface area contributed by atoms with Crippen LogP contribution in [0, 0.1) is 0 Å². The number of amides is 1. The van der Waals surface area contributed by atoms with Crippen LogP contribution < -0.4 is 4.74 Å². The maximum Gasteiger partial charge on any atom is 0.260 e. The number of hydrogen-bond donors (Lipinski definition) is 0. The van der Waals surface area contributed by atoms with Crippen LogP contribution >= 0.6 is 0 Å². The highest BCUT2D eigenvalue weighted by molar-refractivity contribution is 7.89. The molecule has 0 aliphatic carbocycles. The van der Waals surface area contributed by atoms with E-state index in [1.807, 2.05) is 4.90 Å². The van der Waals surface area contributed by atoms with Gasteiger partial charge in [0.05, 0.1) is 18.1 Å². The van der Waals surface area contributed by atoms with Crippen molar-refractivity contribution in [2.24, 2.45) is 0 Å². The van der Waals surface area contributed by atoms with Crippen LogP contribution in [0.1, 0.15) is 6.92 Å². The molecule has 3 rings (SSSR count). The summed E-state index contributed by atoms with van der Waals surface area (Å²) in [4.78, 5) is 16.6. The zero-order chi connectivity index (χ0) is 19.3. The van der Waals surface area contributed by atoms with Crippen LogP contribution in [0.3, 0.4) is 0 Å². The Labute approximate surface area is 160 Å². The molecule has 2 aliphatic heterocycles. The van der Waals surface area contributed by atoms with Crippen LogP contribution in [-0.2, 0) is 19.6 Å². The average molecular weight is 397 g/mol. The van der Waals surface area contributed by atoms with Gasteiger partial charge in [-0.15, -0.1) is 0 Å². The molecule has 0 N–H and O–H groups in total. The minimum absolute atomic E-state index is 0.0400. The molecule has 9 heteroatoms. The fourth-order valence-electron chi connectivity index (χ4n) is 3.19. The molecule has 0 unspecified atom stereocenters. The van der Waals surface area contributed by atoms with Gasteiger partial charge in [0.2, 0.25) is 10.0 Å². The molecule has 1 aromatic rings. The summed E-state index contributed by atoms with van der Waals surface area (Å²) < 4.78 is 37.4. The summed E-state index contributed by atoms with van der Waals surface area (Å²) in [5.74, 6) is 0.437. The van der Waals surface area contributed by atoms with Gasteiger partial charge in [-0.2, -0.15) is 4.31 Å². The van der Waals surface area contributed by atoms with Crippen molar-refractivity contribution in [2.75, 3.05) is 65.6 Å². The number of rotatable bonds is 6. The molecular weight excluding hydrogens is 370 g/mol. The standard InChI is InChI=1S/C18H27N3O5S/c1-2-19-7-9-20(10-8-19)18(22)15-26-16-3-5-17(6-4-16)27(23,24)21-11-13-25-14-12-21/h3-6H,2,7-15H2,1H3. The van der Waals surface area contributed by atoms with E-state index in [0.29, 0.717) is 45.1 Å². The van der Waals surface area contributed by atoms with Crippen LogP contribution in [0.15, 0.2) is 29.2 Å². The minimum Gasteiger partial charge on any atom is -0.484 e. The van der Waals surface area contributed by atoms with E-state index in [1.165, 1.54) is 16.4 Å². The zero-order valence-electron chi connectivity index (χ0n) is 15.7. The van der Waals surface area contributed by atoms with Crippen LogP contribution in [0.25, 0.3) is 0 Å². The Kier molecular flexibility index (Phi) is 6.69. The Morgan fingerprint density at radius 2 is 1.67 bits per heavy atom. The van der Waals surface area contributed by atoms with Crippen molar-refractivity contribution < 1.29 is 22.7 Å². The van der Waals surface area contributed by atoms with Crippen LogP contribution in [0.2, 0.25) is 0 Å². The molecule has 1 amide bonds. The lowest BCUT2D eigenvalue weighted by molar-refractivity contribution is -0.135. The molecule has 0 saturated carbocycles. The van der Waals surface area contributed by atoms with Crippen molar-refractivity contribution in [1.82, 2.24) is 14.1 Å². The van der Waals surface area contributed by atoms with Crippen molar-refractivity contribution in [3.8, 4) is 5.75 Å². The van der Waals surface area contributed by atoms with Gasteiger partial charge in [-0.3, -0.25) is 4.79 Å². The minimum atomic E-state index is -3.52. The largest absolute Gasteiger partial charge is 0.484 e. The molecule has 1 aromatic carbocycles. The third kappa shape index (κ3) is 4.98. The lowest BCUT2D eigenvalue weighted by Gasteiger charge is -2.33. The van der Waals surface area contributed by atoms with Crippen molar-refractivity contribution in [3.05, 3.63) is 24.3 Å². The second-order valence-corrected chi connectivity index (χ2v) is 8.53. The smallest absolute Gasteiger partial charge is 0.260 e. The first-order valence-corrected chi connectivity index (χ1v) is 10.8. The number of ether oxygens (including phenoxy) is 2. The van der Waals surface area contributed by atoms with Gasteiger partial charge in [-0.05, 0) is 30.8 Å². The molecule has 2 aliphatic rings. The van der Waals surface area contributed by atoms with Gasteiger partial charge in [0, 0.05) is 39.3 Å². The summed E-state index contributed by atoms with van der Waals surface area (Å²) in [7, 11) is -3.52. The van der Waals surface area contributed by atoms with E-state index in [9.17, 15) is 13.2 Å². The number of carbonyl (C=O) groups excluding carboxylic acids is 1. The van der Waals surface area contributed by atoms with Crippen LogP contribution in [0.4, 0.5) is 0 Å². The highest BCUT2D eigenvalue weighted by atomic mass is 32.2. The number of hydrogen-bond acceptors (Lipinski definition) is 6. The van der Waals surface area contributed by atoms with Gasteiger partial charge in [-0.25, -0.2) is 8.42 Å². The first kappa shape index (κ1) is 20.1. The van der Waals surface area contributed by atoms with E-state index in [0.717, 1.165) is 19.6 Å². The Morgan fingerprint density at radius 1 is 1.04 bits per heavy atom. The van der Waals surface area contributed by atoms with Gasteiger partial charge in [-0.1, -0.05) is 6.92 Å². The maximum atomic E-state index is 12.6. The molecule has 2 fully saturated rings. The van der Waals surface area contributed by atoms with E-state index >= 15 is 0 Å². The summed E-state index contributed by atoms with van der Waals surface area (Å²) >= 11 is 0. The molecule has 0 spiro atoms. The van der Waals surface area contributed by atoms with Gasteiger partial charge < -0.3 is 19.3 Å². The number of morpholine rings is 1. The van der Waals surface area contributed by atoms with Gasteiger partial charge >= 0.3 is 0 Å². The Morgan fingerprint density at radius 3 is 2.26 bits per heavy atom. The average Bonchev–Trinajstić information content (AvgIpc) is 2.73. The molecule has 8 nitrogen and oxygen atoms in total. The maximum absolute atomic E-state index is 12.6. The lowest BCUT2D eigenvalue weighted by atomic mass is 10.3. The fourth-order valence-corrected chi connectivity index (χ4v) is 4.60. The van der Waals surface area contributed by atoms with Crippen LogP contribution in [0.5, 0.6) is 5.75 Å². The predicted octanol–water partition coefficient (Wildman–Crippen LogP) is 0.250. The molecule has 0 bridgehead atoms. The normalized spacial score (nSPS) is 19.8. The first-order valence-electron chi connectivity index (χ1n) is 9.31. The third-order valence-corrected chi connectivity index (χ3v) is 6.88. The SMILES string of the molecule is CCN1CCN(C(=O)COc2ccc(S(=O)(=O)N3CCOCC3)cc2)CC1. The number of carbonyl (C=O) groups is 1. The number of benzene rings is 1. The van der Waals surface area contributed by atoms with Crippen molar-refractivity contribution in [3.63, 3.8) is 0 Å². The zero-order valence-corrected chi connectivity index (χ0v) is 16.5. The van der Waals surface area contributed by atoms with Crippen LogP contribution in [-0.4, -0.2) is 94.1 Å². The summed E-state index contributed by atoms with van der Waals surface area (Å²) in [5.41, 5.74) is 0. The monoisotopic (exact) mass is 397 g/mol. The predicted molar refractivity (Wildman–Crippen MR) is 100 cm³/mol. The van der Waals surface area contributed by atoms with E-state index in [4.69, 9.17) is 9.47 Å². The Bertz CT molecular complexity index is 724. The van der Waals surface area contributed by atoms with E-state index < -0.39 is 10.0 Å². The summed E-state index contributed by atoms with van der Waals surface area (Å²) in [6.45, 7) is 7.82. The van der Waals surface area contributed by atoms with Crippen molar-refractivity contribution in [1.29, 1.82) is 0 Å². The Hall–Kier alpha value is -1.68. The highest BCUT2D eigenvalue weighted by Crippen LogP contribution is 2.20. The van der Waals surface area contributed by atoms with Crippen molar-refractivity contribution >= 4 is 15.9 Å². The van der Waals surface area contributed by atoms with E-state index in [2.05, 4.69) is 11.8 Å². The van der Waals surface area contributed by atoms with E-state index in [1.54, 1.807) is 12.1 Å². The number of sulfonamides is 1. The van der Waals surface area contributed by atoms with Gasteiger partial charge in [0.15, 0.2) is 6.61 Å². The molecule has 27 heavy (non-hydrogen) atoms. The topological polar surface area (TPSA) is 79.4 Å². The van der Waals surface area contributed by atoms with Gasteiger partial charge in [0.1, 0.15) is 5.75 Å². The highest BCUT2D eigenvalue weighted by Gasteiger charge is 2.26. The summed E-state index contributed by atoms with van der Waals surface area (Å²) in [6.07, 6.45) is 0. The summed E-state index contributed by atoms with van der Waals surface area (Å²) in [6, 6.07) is 6.22. The summed E-state index contributed by atoms with van der Waals surface area (Å²) in [5, 5.41) is 0. The molecular formula is C18H27N3O5S. The number of piperazine rings is 1. The second kappa shape index (κ2) is 9.01. The second-order valence-electron chi connectivity index (χ2n) is 6.59. The first-order chi connectivity index (χ1) is 13.0. The van der Waals surface area contributed by atoms with E-state index in [-0.39, 0.29) is 17.4 Å². The molecule has 0 aromatic heterocycles. The molecule has 2 heterocycles. The molecule has 150 valence electrons. The van der Waals surface area contributed by atoms with Crippen molar-refractivity contribution in [2.45, 2.75) is 11.8 Å². The third-order valence-electron chi connectivity index (χ3n) is 4.97. The number of likely N-dealkylation sites (N-methyl/N-ethyl adjacent to an activating group) is 1. The lowest BCUT2D eigenvalue weighted by Crippen LogP contribution is -2.49. The molecule has 0 radical (unpaired) electrons. The molecule has 0 atom stereocenters. The molecule has 2 saturated heterocycles. The fraction of sp³-hybridized carbons (Fsp3) is 0.611. The Balaban J connectivity index is 1.52. The number of nitrogens with zero attached hydrogens (tertiary/aromatic N) is 3.